The molecule has 1 amide bonds. The lowest BCUT2D eigenvalue weighted by molar-refractivity contribution is 0.0786. The van der Waals surface area contributed by atoms with Gasteiger partial charge < -0.3 is 15.0 Å². The number of halogens is 2. The lowest BCUT2D eigenvalue weighted by atomic mass is 10.1. The maximum atomic E-state index is 12.7. The molecule has 1 saturated heterocycles. The molecule has 2 aromatic carbocycles. The molecule has 1 aliphatic rings. The van der Waals surface area contributed by atoms with E-state index in [4.69, 9.17) is 16.3 Å². The van der Waals surface area contributed by atoms with E-state index in [2.05, 4.69) is 5.32 Å². The maximum Gasteiger partial charge on any atom is 0.253 e. The molecular weight excluding hydrogens is 371 g/mol. The summed E-state index contributed by atoms with van der Waals surface area (Å²) in [6, 6.07) is 15.0. The van der Waals surface area contributed by atoms with Crippen molar-refractivity contribution in [2.75, 3.05) is 26.7 Å². The van der Waals surface area contributed by atoms with Crippen molar-refractivity contribution < 1.29 is 9.53 Å². The second-order valence-corrected chi connectivity index (χ2v) is 6.85. The molecule has 0 radical (unpaired) electrons. The van der Waals surface area contributed by atoms with E-state index in [1.807, 2.05) is 60.5 Å². The van der Waals surface area contributed by atoms with Crippen LogP contribution in [0.2, 0.25) is 5.02 Å². The highest BCUT2D eigenvalue weighted by Crippen LogP contribution is 2.21. The lowest BCUT2D eigenvalue weighted by Crippen LogP contribution is -2.30. The highest BCUT2D eigenvalue weighted by Gasteiger charge is 2.26. The maximum absolute atomic E-state index is 12.7. The van der Waals surface area contributed by atoms with Gasteiger partial charge in [-0.3, -0.25) is 4.79 Å². The SMILES string of the molecule is CNCC1CCN(C(=O)c2cccc(OCc3cccc(Cl)c3)c2)C1.Cl. The van der Waals surface area contributed by atoms with E-state index in [1.165, 1.54) is 0 Å². The van der Waals surface area contributed by atoms with Gasteiger partial charge in [0.05, 0.1) is 0 Å². The van der Waals surface area contributed by atoms with Crippen molar-refractivity contribution in [3.8, 4) is 5.75 Å². The summed E-state index contributed by atoms with van der Waals surface area (Å²) < 4.78 is 5.82. The summed E-state index contributed by atoms with van der Waals surface area (Å²) in [5.74, 6) is 1.31. The molecule has 1 atom stereocenters. The standard InChI is InChI=1S/C20H23ClN2O2.ClH/c1-22-12-16-8-9-23(13-16)20(24)17-5-3-7-19(11-17)25-14-15-4-2-6-18(21)10-15;/h2-7,10-11,16,22H,8-9,12-14H2,1H3;1H. The molecule has 0 spiro atoms. The van der Waals surface area contributed by atoms with Crippen LogP contribution in [-0.4, -0.2) is 37.5 Å². The van der Waals surface area contributed by atoms with Gasteiger partial charge in [-0.2, -0.15) is 0 Å². The molecule has 3 rings (SSSR count). The van der Waals surface area contributed by atoms with Crippen LogP contribution >= 0.6 is 24.0 Å². The molecule has 1 N–H and O–H groups in total. The first-order chi connectivity index (χ1) is 12.2. The van der Waals surface area contributed by atoms with Crippen LogP contribution in [0.5, 0.6) is 5.75 Å². The summed E-state index contributed by atoms with van der Waals surface area (Å²) in [5, 5.41) is 3.88. The summed E-state index contributed by atoms with van der Waals surface area (Å²) in [7, 11) is 1.95. The number of rotatable bonds is 6. The topological polar surface area (TPSA) is 41.6 Å². The third-order valence-corrected chi connectivity index (χ3v) is 4.68. The predicted octanol–water partition coefficient (Wildman–Crippen LogP) is 4.02. The first-order valence-electron chi connectivity index (χ1n) is 8.57. The van der Waals surface area contributed by atoms with Crippen molar-refractivity contribution >= 4 is 29.9 Å². The Bertz CT molecular complexity index is 739. The molecule has 1 aliphatic heterocycles. The number of hydrogen-bond acceptors (Lipinski definition) is 3. The summed E-state index contributed by atoms with van der Waals surface area (Å²) in [6.45, 7) is 3.00. The van der Waals surface area contributed by atoms with E-state index in [1.54, 1.807) is 0 Å². The number of benzene rings is 2. The third kappa shape index (κ3) is 5.37. The van der Waals surface area contributed by atoms with Crippen LogP contribution in [0.4, 0.5) is 0 Å². The number of carbonyl (C=O) groups excluding carboxylic acids is 1. The second kappa shape index (κ2) is 9.81. The van der Waals surface area contributed by atoms with Gasteiger partial charge in [-0.1, -0.05) is 29.8 Å². The zero-order valence-corrected chi connectivity index (χ0v) is 16.4. The van der Waals surface area contributed by atoms with Crippen LogP contribution in [0.15, 0.2) is 48.5 Å². The van der Waals surface area contributed by atoms with E-state index in [-0.39, 0.29) is 18.3 Å². The van der Waals surface area contributed by atoms with E-state index < -0.39 is 0 Å². The highest BCUT2D eigenvalue weighted by atomic mass is 35.5. The van der Waals surface area contributed by atoms with Gasteiger partial charge in [0, 0.05) is 23.7 Å². The van der Waals surface area contributed by atoms with E-state index in [9.17, 15) is 4.79 Å². The quantitative estimate of drug-likeness (QED) is 0.803. The zero-order chi connectivity index (χ0) is 17.6. The summed E-state index contributed by atoms with van der Waals surface area (Å²) in [5.41, 5.74) is 1.67. The van der Waals surface area contributed by atoms with Gasteiger partial charge in [0.25, 0.3) is 5.91 Å². The fourth-order valence-corrected chi connectivity index (χ4v) is 3.38. The number of nitrogens with one attached hydrogen (secondary N) is 1. The number of nitrogens with zero attached hydrogens (tertiary/aromatic N) is 1. The molecule has 0 aromatic heterocycles. The van der Waals surface area contributed by atoms with Crippen LogP contribution in [0, 0.1) is 5.92 Å². The molecule has 0 bridgehead atoms. The molecule has 0 aliphatic carbocycles. The molecule has 4 nitrogen and oxygen atoms in total. The average molecular weight is 395 g/mol. The molecule has 2 aromatic rings. The minimum Gasteiger partial charge on any atom is -0.489 e. The number of hydrogen-bond donors (Lipinski definition) is 1. The minimum atomic E-state index is 0. The Labute approximate surface area is 165 Å². The van der Waals surface area contributed by atoms with Gasteiger partial charge in [0.15, 0.2) is 0 Å². The van der Waals surface area contributed by atoms with E-state index >= 15 is 0 Å². The first kappa shape index (κ1) is 20.6. The fraction of sp³-hybridized carbons (Fsp3) is 0.350. The minimum absolute atomic E-state index is 0. The van der Waals surface area contributed by atoms with E-state index in [0.29, 0.717) is 28.9 Å². The number of amides is 1. The smallest absolute Gasteiger partial charge is 0.253 e. The Morgan fingerprint density at radius 1 is 1.27 bits per heavy atom. The van der Waals surface area contributed by atoms with Crippen LogP contribution in [-0.2, 0) is 6.61 Å². The van der Waals surface area contributed by atoms with Gasteiger partial charge in [0.2, 0.25) is 0 Å². The van der Waals surface area contributed by atoms with Crippen LogP contribution < -0.4 is 10.1 Å². The van der Waals surface area contributed by atoms with Crippen LogP contribution in [0.1, 0.15) is 22.3 Å². The number of ether oxygens (including phenoxy) is 1. The largest absolute Gasteiger partial charge is 0.489 e. The monoisotopic (exact) mass is 394 g/mol. The molecule has 1 fully saturated rings. The van der Waals surface area contributed by atoms with Crippen molar-refractivity contribution in [2.45, 2.75) is 13.0 Å². The second-order valence-electron chi connectivity index (χ2n) is 6.41. The van der Waals surface area contributed by atoms with Gasteiger partial charge in [-0.05, 0) is 61.8 Å². The Morgan fingerprint density at radius 3 is 2.85 bits per heavy atom. The van der Waals surface area contributed by atoms with Crippen LogP contribution in [0.25, 0.3) is 0 Å². The number of carbonyl (C=O) groups is 1. The highest BCUT2D eigenvalue weighted by molar-refractivity contribution is 6.30. The zero-order valence-electron chi connectivity index (χ0n) is 14.8. The Hall–Kier alpha value is -1.75. The van der Waals surface area contributed by atoms with Gasteiger partial charge in [0.1, 0.15) is 12.4 Å². The molecule has 1 heterocycles. The van der Waals surface area contributed by atoms with Crippen LogP contribution in [0.3, 0.4) is 0 Å². The predicted molar refractivity (Wildman–Crippen MR) is 107 cm³/mol. The molecule has 140 valence electrons. The molecule has 0 saturated carbocycles. The van der Waals surface area contributed by atoms with Crippen molar-refractivity contribution in [1.29, 1.82) is 0 Å². The van der Waals surface area contributed by atoms with Gasteiger partial charge in [-0.25, -0.2) is 0 Å². The summed E-state index contributed by atoms with van der Waals surface area (Å²) in [4.78, 5) is 14.6. The fourth-order valence-electron chi connectivity index (χ4n) is 3.17. The Morgan fingerprint density at radius 2 is 2.08 bits per heavy atom. The van der Waals surface area contributed by atoms with Gasteiger partial charge >= 0.3 is 0 Å². The number of likely N-dealkylation sites (tertiary alicyclic amines) is 1. The van der Waals surface area contributed by atoms with E-state index in [0.717, 1.165) is 31.6 Å². The van der Waals surface area contributed by atoms with Crippen molar-refractivity contribution in [1.82, 2.24) is 10.2 Å². The average Bonchev–Trinajstić information content (AvgIpc) is 3.09. The van der Waals surface area contributed by atoms with Crippen molar-refractivity contribution in [3.05, 3.63) is 64.7 Å². The van der Waals surface area contributed by atoms with Crippen molar-refractivity contribution in [3.63, 3.8) is 0 Å². The molecule has 1 unspecified atom stereocenters. The van der Waals surface area contributed by atoms with Gasteiger partial charge in [-0.15, -0.1) is 12.4 Å². The normalized spacial score (nSPS) is 16.2. The first-order valence-corrected chi connectivity index (χ1v) is 8.94. The molecule has 6 heteroatoms. The lowest BCUT2D eigenvalue weighted by Gasteiger charge is -2.17. The summed E-state index contributed by atoms with van der Waals surface area (Å²) in [6.07, 6.45) is 1.05. The Kier molecular flexibility index (Phi) is 7.76. The summed E-state index contributed by atoms with van der Waals surface area (Å²) >= 11 is 5.99. The van der Waals surface area contributed by atoms with Crippen molar-refractivity contribution in [2.24, 2.45) is 5.92 Å². The molecular formula is C20H24Cl2N2O2. The Balaban J connectivity index is 0.00000243. The third-order valence-electron chi connectivity index (χ3n) is 4.44. The molecule has 26 heavy (non-hydrogen) atoms.